The first-order chi connectivity index (χ1) is 7.61. The van der Waals surface area contributed by atoms with Gasteiger partial charge in [-0.3, -0.25) is 14.5 Å². The Kier molecular flexibility index (Phi) is 3.20. The fraction of sp³-hybridized carbons (Fsp3) is 0.556. The molecule has 1 aromatic rings. The molecular weight excluding hydrogens is 250 g/mol. The molecule has 0 aromatic carbocycles. The summed E-state index contributed by atoms with van der Waals surface area (Å²) >= 11 is 6.59. The molecule has 2 amide bonds. The molecule has 0 N–H and O–H groups in total. The van der Waals surface area contributed by atoms with Gasteiger partial charge in [0.2, 0.25) is 15.4 Å². The number of hydrogen-bond donors (Lipinski definition) is 0. The summed E-state index contributed by atoms with van der Waals surface area (Å²) in [5.74, 6) is -0.256. The average molecular weight is 260 g/mol. The molecule has 0 aliphatic carbocycles. The van der Waals surface area contributed by atoms with Crippen LogP contribution in [0.15, 0.2) is 0 Å². The predicted octanol–water partition coefficient (Wildman–Crippen LogP) is 1.59. The molecule has 0 saturated carbocycles. The van der Waals surface area contributed by atoms with Crippen LogP contribution < -0.4 is 0 Å². The highest BCUT2D eigenvalue weighted by Crippen LogP contribution is 2.24. The summed E-state index contributed by atoms with van der Waals surface area (Å²) in [4.78, 5) is 24.7. The van der Waals surface area contributed by atoms with E-state index in [0.29, 0.717) is 13.0 Å². The number of nitrogens with zero attached hydrogens (tertiary/aromatic N) is 3. The molecule has 1 aliphatic heterocycles. The molecule has 0 radical (unpaired) electrons. The van der Waals surface area contributed by atoms with Gasteiger partial charge in [-0.25, -0.2) is 0 Å². The topological polar surface area (TPSA) is 63.2 Å². The van der Waals surface area contributed by atoms with Crippen molar-refractivity contribution in [3.05, 3.63) is 9.47 Å². The van der Waals surface area contributed by atoms with E-state index in [2.05, 4.69) is 10.2 Å². The number of halogens is 1. The average Bonchev–Trinajstić information content (AvgIpc) is 2.83. The van der Waals surface area contributed by atoms with Crippen LogP contribution in [0.1, 0.15) is 29.6 Å². The molecule has 0 bridgehead atoms. The summed E-state index contributed by atoms with van der Waals surface area (Å²) in [5, 5.41) is 7.36. The molecule has 2 heterocycles. The van der Waals surface area contributed by atoms with E-state index in [-0.39, 0.29) is 27.2 Å². The van der Waals surface area contributed by atoms with Crippen molar-refractivity contribution >= 4 is 34.8 Å². The van der Waals surface area contributed by atoms with Crippen molar-refractivity contribution in [1.82, 2.24) is 15.1 Å². The second-order valence-electron chi connectivity index (χ2n) is 3.65. The highest BCUT2D eigenvalue weighted by molar-refractivity contribution is 7.17. The number of aromatic nitrogens is 2. The van der Waals surface area contributed by atoms with Gasteiger partial charge in [-0.15, -0.1) is 10.2 Å². The standard InChI is InChI=1S/C9H10ClN3O2S/c1-2-5-3-6(14)13(4-5)8(15)7-11-12-9(10)16-7/h5H,2-4H2,1H3. The van der Waals surface area contributed by atoms with Gasteiger partial charge in [0.25, 0.3) is 5.91 Å². The predicted molar refractivity (Wildman–Crippen MR) is 59.4 cm³/mol. The van der Waals surface area contributed by atoms with Gasteiger partial charge in [-0.05, 0) is 17.5 Å². The second-order valence-corrected chi connectivity index (χ2v) is 5.21. The SMILES string of the molecule is CCC1CC(=O)N(C(=O)c2nnc(Cl)s2)C1. The highest BCUT2D eigenvalue weighted by Gasteiger charge is 2.34. The van der Waals surface area contributed by atoms with Crippen molar-refractivity contribution in [3.63, 3.8) is 0 Å². The largest absolute Gasteiger partial charge is 0.291 e. The number of rotatable bonds is 2. The van der Waals surface area contributed by atoms with Gasteiger partial charge in [0.05, 0.1) is 0 Å². The zero-order valence-corrected chi connectivity index (χ0v) is 10.2. The van der Waals surface area contributed by atoms with Gasteiger partial charge in [-0.2, -0.15) is 0 Å². The van der Waals surface area contributed by atoms with Crippen LogP contribution in [-0.2, 0) is 4.79 Å². The molecular formula is C9H10ClN3O2S. The summed E-state index contributed by atoms with van der Waals surface area (Å²) in [6.45, 7) is 2.49. The van der Waals surface area contributed by atoms with E-state index >= 15 is 0 Å². The maximum Gasteiger partial charge on any atom is 0.291 e. The van der Waals surface area contributed by atoms with Crippen molar-refractivity contribution in [1.29, 1.82) is 0 Å². The van der Waals surface area contributed by atoms with Crippen molar-refractivity contribution in [2.45, 2.75) is 19.8 Å². The fourth-order valence-electron chi connectivity index (χ4n) is 1.66. The second kappa shape index (κ2) is 4.47. The van der Waals surface area contributed by atoms with Crippen LogP contribution in [0.2, 0.25) is 4.47 Å². The zero-order chi connectivity index (χ0) is 11.7. The van der Waals surface area contributed by atoms with Crippen LogP contribution >= 0.6 is 22.9 Å². The maximum absolute atomic E-state index is 11.9. The van der Waals surface area contributed by atoms with Gasteiger partial charge in [0, 0.05) is 13.0 Å². The lowest BCUT2D eigenvalue weighted by Gasteiger charge is -2.11. The third-order valence-corrected chi connectivity index (χ3v) is 3.62. The minimum Gasteiger partial charge on any atom is -0.276 e. The summed E-state index contributed by atoms with van der Waals surface area (Å²) in [7, 11) is 0. The Hall–Kier alpha value is -1.01. The Morgan fingerprint density at radius 2 is 2.38 bits per heavy atom. The Balaban J connectivity index is 2.14. The molecule has 1 unspecified atom stereocenters. The molecule has 1 atom stereocenters. The minimum absolute atomic E-state index is 0.136. The van der Waals surface area contributed by atoms with E-state index in [1.165, 1.54) is 4.90 Å². The molecule has 7 heteroatoms. The third-order valence-electron chi connectivity index (χ3n) is 2.61. The summed E-state index contributed by atoms with van der Waals surface area (Å²) in [6.07, 6.45) is 1.33. The van der Waals surface area contributed by atoms with Gasteiger partial charge in [-0.1, -0.05) is 24.7 Å². The normalized spacial score (nSPS) is 20.5. The molecule has 5 nitrogen and oxygen atoms in total. The van der Waals surface area contributed by atoms with Gasteiger partial charge < -0.3 is 0 Å². The number of carbonyl (C=O) groups excluding carboxylic acids is 2. The Morgan fingerprint density at radius 3 is 2.88 bits per heavy atom. The first kappa shape index (κ1) is 11.5. The number of hydrogen-bond acceptors (Lipinski definition) is 5. The molecule has 1 aromatic heterocycles. The monoisotopic (exact) mass is 259 g/mol. The third kappa shape index (κ3) is 2.08. The van der Waals surface area contributed by atoms with Crippen molar-refractivity contribution < 1.29 is 9.59 Å². The maximum atomic E-state index is 11.9. The van der Waals surface area contributed by atoms with Crippen molar-refractivity contribution in [2.24, 2.45) is 5.92 Å². The van der Waals surface area contributed by atoms with Gasteiger partial charge in [0.15, 0.2) is 0 Å². The smallest absolute Gasteiger partial charge is 0.276 e. The summed E-state index contributed by atoms with van der Waals surface area (Å²) in [5.41, 5.74) is 0. The van der Waals surface area contributed by atoms with E-state index in [0.717, 1.165) is 17.8 Å². The van der Waals surface area contributed by atoms with Crippen molar-refractivity contribution in [2.75, 3.05) is 6.54 Å². The number of carbonyl (C=O) groups is 2. The van der Waals surface area contributed by atoms with Crippen LogP contribution in [0.25, 0.3) is 0 Å². The lowest BCUT2D eigenvalue weighted by molar-refractivity contribution is -0.125. The Labute approximate surface area is 101 Å². The van der Waals surface area contributed by atoms with E-state index in [1.54, 1.807) is 0 Å². The lowest BCUT2D eigenvalue weighted by Crippen LogP contribution is -2.32. The molecule has 1 aliphatic rings. The molecule has 2 rings (SSSR count). The van der Waals surface area contributed by atoms with Crippen LogP contribution in [-0.4, -0.2) is 33.5 Å². The van der Waals surface area contributed by atoms with Crippen molar-refractivity contribution in [3.8, 4) is 0 Å². The lowest BCUT2D eigenvalue weighted by atomic mass is 10.1. The van der Waals surface area contributed by atoms with Crippen LogP contribution in [0.3, 0.4) is 0 Å². The highest BCUT2D eigenvalue weighted by atomic mass is 35.5. The Bertz CT molecular complexity index is 434. The molecule has 86 valence electrons. The van der Waals surface area contributed by atoms with Crippen LogP contribution in [0, 0.1) is 5.92 Å². The molecule has 1 saturated heterocycles. The van der Waals surface area contributed by atoms with E-state index < -0.39 is 0 Å². The number of amides is 2. The van der Waals surface area contributed by atoms with Crippen LogP contribution in [0.4, 0.5) is 0 Å². The fourth-order valence-corrected chi connectivity index (χ4v) is 2.44. The molecule has 0 spiro atoms. The van der Waals surface area contributed by atoms with E-state index in [9.17, 15) is 9.59 Å². The first-order valence-electron chi connectivity index (χ1n) is 4.95. The molecule has 1 fully saturated rings. The number of imide groups is 1. The minimum atomic E-state index is -0.384. The van der Waals surface area contributed by atoms with Gasteiger partial charge >= 0.3 is 0 Å². The molecule has 16 heavy (non-hydrogen) atoms. The van der Waals surface area contributed by atoms with Gasteiger partial charge in [0.1, 0.15) is 0 Å². The summed E-state index contributed by atoms with van der Waals surface area (Å²) < 4.78 is 0.210. The Morgan fingerprint density at radius 1 is 1.62 bits per heavy atom. The quantitative estimate of drug-likeness (QED) is 0.757. The zero-order valence-electron chi connectivity index (χ0n) is 8.64. The van der Waals surface area contributed by atoms with E-state index in [4.69, 9.17) is 11.6 Å². The van der Waals surface area contributed by atoms with Crippen LogP contribution in [0.5, 0.6) is 0 Å². The summed E-state index contributed by atoms with van der Waals surface area (Å²) in [6, 6.07) is 0. The first-order valence-corrected chi connectivity index (χ1v) is 6.15. The number of likely N-dealkylation sites (tertiary alicyclic amines) is 1. The van der Waals surface area contributed by atoms with E-state index in [1.807, 2.05) is 6.92 Å².